The van der Waals surface area contributed by atoms with Crippen molar-refractivity contribution in [3.05, 3.63) is 0 Å². The second kappa shape index (κ2) is 5.51. The smallest absolute Gasteiger partial charge is 0.326 e. The van der Waals surface area contributed by atoms with Crippen LogP contribution in [0.4, 0.5) is 0 Å². The molecule has 2 fully saturated rings. The number of thiol groups is 1. The van der Waals surface area contributed by atoms with Crippen LogP contribution in [0.3, 0.4) is 0 Å². The maximum atomic E-state index is 12.2. The van der Waals surface area contributed by atoms with E-state index in [0.717, 1.165) is 25.7 Å². The van der Waals surface area contributed by atoms with Crippen molar-refractivity contribution in [1.29, 1.82) is 0 Å². The zero-order valence-corrected chi connectivity index (χ0v) is 11.6. The summed E-state index contributed by atoms with van der Waals surface area (Å²) in [7, 11) is 0. The molecule has 102 valence electrons. The van der Waals surface area contributed by atoms with Crippen molar-refractivity contribution < 1.29 is 14.7 Å². The first-order valence-corrected chi connectivity index (χ1v) is 7.33. The lowest BCUT2D eigenvalue weighted by atomic mass is 9.78. The number of carbonyl (C=O) groups excluding carboxylic acids is 1. The topological polar surface area (TPSA) is 57.6 Å². The molecule has 18 heavy (non-hydrogen) atoms. The van der Waals surface area contributed by atoms with Gasteiger partial charge in [0.15, 0.2) is 0 Å². The van der Waals surface area contributed by atoms with E-state index in [1.165, 1.54) is 0 Å². The van der Waals surface area contributed by atoms with E-state index in [2.05, 4.69) is 12.6 Å². The van der Waals surface area contributed by atoms with Crippen molar-refractivity contribution in [3.63, 3.8) is 0 Å². The number of aliphatic carboxylic acids is 1. The molecule has 4 nitrogen and oxygen atoms in total. The third kappa shape index (κ3) is 2.37. The lowest BCUT2D eigenvalue weighted by Gasteiger charge is -2.28. The number of carboxylic acids is 1. The molecule has 2 aliphatic rings. The third-order valence-corrected chi connectivity index (χ3v) is 4.92. The Labute approximate surface area is 113 Å². The maximum absolute atomic E-state index is 12.2. The van der Waals surface area contributed by atoms with Gasteiger partial charge in [-0.05, 0) is 24.7 Å². The van der Waals surface area contributed by atoms with Crippen molar-refractivity contribution in [2.24, 2.45) is 17.8 Å². The average molecular weight is 271 g/mol. The van der Waals surface area contributed by atoms with Gasteiger partial charge in [-0.3, -0.25) is 4.79 Å². The standard InChI is InChI=1S/C13H21NO3S/c1-8(7-18)12(15)14-6-9-4-2-3-5-10(9)11(14)13(16)17/h8-11,18H,2-7H2,1H3,(H,16,17). The largest absolute Gasteiger partial charge is 0.480 e. The van der Waals surface area contributed by atoms with Gasteiger partial charge in [-0.2, -0.15) is 12.6 Å². The Hall–Kier alpha value is -0.710. The summed E-state index contributed by atoms with van der Waals surface area (Å²) in [6.45, 7) is 2.44. The van der Waals surface area contributed by atoms with Gasteiger partial charge >= 0.3 is 5.97 Å². The predicted molar refractivity (Wildman–Crippen MR) is 71.6 cm³/mol. The predicted octanol–water partition coefficient (Wildman–Crippen LogP) is 1.65. The Balaban J connectivity index is 2.18. The van der Waals surface area contributed by atoms with Crippen LogP contribution < -0.4 is 0 Å². The van der Waals surface area contributed by atoms with Gasteiger partial charge in [0.25, 0.3) is 0 Å². The molecule has 2 rings (SSSR count). The molecule has 1 heterocycles. The number of amides is 1. The van der Waals surface area contributed by atoms with Gasteiger partial charge in [-0.1, -0.05) is 19.8 Å². The number of likely N-dealkylation sites (tertiary alicyclic amines) is 1. The molecule has 5 heteroatoms. The third-order valence-electron chi connectivity index (χ3n) is 4.37. The van der Waals surface area contributed by atoms with Gasteiger partial charge in [0.2, 0.25) is 5.91 Å². The molecule has 1 aliphatic heterocycles. The number of fused-ring (bicyclic) bond motifs is 1. The quantitative estimate of drug-likeness (QED) is 0.767. The van der Waals surface area contributed by atoms with Crippen molar-refractivity contribution in [1.82, 2.24) is 4.90 Å². The number of rotatable bonds is 3. The second-order valence-corrected chi connectivity index (χ2v) is 5.93. The number of nitrogens with zero attached hydrogens (tertiary/aromatic N) is 1. The van der Waals surface area contributed by atoms with Crippen LogP contribution >= 0.6 is 12.6 Å². The summed E-state index contributed by atoms with van der Waals surface area (Å²) in [5.41, 5.74) is 0. The fourth-order valence-corrected chi connectivity index (χ4v) is 3.54. The van der Waals surface area contributed by atoms with Crippen LogP contribution in [-0.2, 0) is 9.59 Å². The Morgan fingerprint density at radius 3 is 2.67 bits per heavy atom. The normalized spacial score (nSPS) is 33.0. The minimum absolute atomic E-state index is 0.0493. The fourth-order valence-electron chi connectivity index (χ4n) is 3.38. The highest BCUT2D eigenvalue weighted by molar-refractivity contribution is 7.80. The summed E-state index contributed by atoms with van der Waals surface area (Å²) in [6.07, 6.45) is 4.26. The Morgan fingerprint density at radius 2 is 2.06 bits per heavy atom. The highest BCUT2D eigenvalue weighted by Crippen LogP contribution is 2.41. The first-order valence-electron chi connectivity index (χ1n) is 6.70. The Morgan fingerprint density at radius 1 is 1.39 bits per heavy atom. The van der Waals surface area contributed by atoms with Crippen LogP contribution in [0.25, 0.3) is 0 Å². The highest BCUT2D eigenvalue weighted by atomic mass is 32.1. The summed E-state index contributed by atoms with van der Waals surface area (Å²) in [6, 6.07) is -0.606. The molecular formula is C13H21NO3S. The van der Waals surface area contributed by atoms with Crippen LogP contribution in [-0.4, -0.2) is 40.2 Å². The minimum Gasteiger partial charge on any atom is -0.480 e. The molecule has 4 unspecified atom stereocenters. The molecule has 0 bridgehead atoms. The maximum Gasteiger partial charge on any atom is 0.326 e. The summed E-state index contributed by atoms with van der Waals surface area (Å²) < 4.78 is 0. The van der Waals surface area contributed by atoms with E-state index in [1.807, 2.05) is 6.92 Å². The van der Waals surface area contributed by atoms with E-state index >= 15 is 0 Å². The van der Waals surface area contributed by atoms with Gasteiger partial charge in [0, 0.05) is 18.2 Å². The molecule has 1 amide bonds. The first-order chi connectivity index (χ1) is 8.56. The molecule has 1 N–H and O–H groups in total. The molecule has 1 saturated carbocycles. The fraction of sp³-hybridized carbons (Fsp3) is 0.846. The van der Waals surface area contributed by atoms with E-state index in [0.29, 0.717) is 18.2 Å². The van der Waals surface area contributed by atoms with Crippen molar-refractivity contribution in [3.8, 4) is 0 Å². The molecule has 0 radical (unpaired) electrons. The van der Waals surface area contributed by atoms with Crippen molar-refractivity contribution in [2.45, 2.75) is 38.6 Å². The molecule has 1 aliphatic carbocycles. The summed E-state index contributed by atoms with van der Waals surface area (Å²) in [4.78, 5) is 25.3. The lowest BCUT2D eigenvalue weighted by molar-refractivity contribution is -0.150. The molecule has 0 spiro atoms. The number of hydrogen-bond acceptors (Lipinski definition) is 3. The monoisotopic (exact) mass is 271 g/mol. The van der Waals surface area contributed by atoms with E-state index in [1.54, 1.807) is 4.90 Å². The Bertz CT molecular complexity index is 347. The van der Waals surface area contributed by atoms with Crippen LogP contribution in [0.2, 0.25) is 0 Å². The molecule has 0 aromatic rings. The molecule has 1 saturated heterocycles. The van der Waals surface area contributed by atoms with Crippen molar-refractivity contribution >= 4 is 24.5 Å². The second-order valence-electron chi connectivity index (χ2n) is 5.57. The summed E-state index contributed by atoms with van der Waals surface area (Å²) >= 11 is 4.14. The van der Waals surface area contributed by atoms with Gasteiger partial charge in [0.1, 0.15) is 6.04 Å². The SMILES string of the molecule is CC(CS)C(=O)N1CC2CCCCC2C1C(=O)O. The van der Waals surface area contributed by atoms with Crippen LogP contribution in [0.5, 0.6) is 0 Å². The van der Waals surface area contributed by atoms with Crippen LogP contribution in [0.15, 0.2) is 0 Å². The Kier molecular flexibility index (Phi) is 4.20. The summed E-state index contributed by atoms with van der Waals surface area (Å²) in [5, 5.41) is 9.41. The average Bonchev–Trinajstić information content (AvgIpc) is 2.76. The number of carbonyl (C=O) groups is 2. The van der Waals surface area contributed by atoms with Crippen molar-refractivity contribution in [2.75, 3.05) is 12.3 Å². The van der Waals surface area contributed by atoms with Gasteiger partial charge in [-0.25, -0.2) is 4.79 Å². The van der Waals surface area contributed by atoms with E-state index in [-0.39, 0.29) is 17.7 Å². The van der Waals surface area contributed by atoms with E-state index in [9.17, 15) is 14.7 Å². The molecule has 0 aromatic carbocycles. The van der Waals surface area contributed by atoms with E-state index in [4.69, 9.17) is 0 Å². The van der Waals surface area contributed by atoms with Crippen LogP contribution in [0, 0.1) is 17.8 Å². The van der Waals surface area contributed by atoms with E-state index < -0.39 is 12.0 Å². The molecule has 0 aromatic heterocycles. The molecular weight excluding hydrogens is 250 g/mol. The van der Waals surface area contributed by atoms with Gasteiger partial charge < -0.3 is 10.0 Å². The lowest BCUT2D eigenvalue weighted by Crippen LogP contribution is -2.45. The first kappa shape index (κ1) is 13.7. The number of hydrogen-bond donors (Lipinski definition) is 2. The molecule has 4 atom stereocenters. The zero-order valence-electron chi connectivity index (χ0n) is 10.7. The highest BCUT2D eigenvalue weighted by Gasteiger charge is 2.48. The number of carboxylic acid groups (broad SMARTS) is 1. The zero-order chi connectivity index (χ0) is 13.3. The van der Waals surface area contributed by atoms with Gasteiger partial charge in [0.05, 0.1) is 0 Å². The van der Waals surface area contributed by atoms with Gasteiger partial charge in [-0.15, -0.1) is 0 Å². The summed E-state index contributed by atoms with van der Waals surface area (Å²) in [5.74, 6) is -0.0775. The van der Waals surface area contributed by atoms with Crippen LogP contribution in [0.1, 0.15) is 32.6 Å². The minimum atomic E-state index is -0.843.